The number of anilines is 1. The van der Waals surface area contributed by atoms with Gasteiger partial charge in [0, 0.05) is 11.8 Å². The van der Waals surface area contributed by atoms with E-state index in [1.54, 1.807) is 25.1 Å². The number of benzene rings is 1. The molecule has 1 heterocycles. The number of hydrogen-bond donors (Lipinski definition) is 2. The predicted octanol–water partition coefficient (Wildman–Crippen LogP) is 0.900. The molecule has 20 heavy (non-hydrogen) atoms. The second kappa shape index (κ2) is 6.76. The van der Waals surface area contributed by atoms with Gasteiger partial charge in [-0.1, -0.05) is 5.21 Å². The first kappa shape index (κ1) is 14.1. The molecule has 0 bridgehead atoms. The molecule has 0 saturated carbocycles. The maximum Gasteiger partial charge on any atom is 0.162 e. The molecule has 1 aromatic heterocycles. The molecule has 7 heteroatoms. The van der Waals surface area contributed by atoms with Gasteiger partial charge >= 0.3 is 0 Å². The maximum atomic E-state index is 8.81. The fraction of sp³-hybridized carbons (Fsp3) is 0.385. The summed E-state index contributed by atoms with van der Waals surface area (Å²) in [5.74, 6) is 1.35. The lowest BCUT2D eigenvalue weighted by Gasteiger charge is -2.10. The maximum absolute atomic E-state index is 8.81. The predicted molar refractivity (Wildman–Crippen MR) is 74.0 cm³/mol. The van der Waals surface area contributed by atoms with Gasteiger partial charge in [0.05, 0.1) is 40.1 Å². The van der Waals surface area contributed by atoms with E-state index in [1.807, 2.05) is 18.2 Å². The van der Waals surface area contributed by atoms with Gasteiger partial charge in [-0.05, 0) is 12.1 Å². The van der Waals surface area contributed by atoms with E-state index in [4.69, 9.17) is 14.6 Å². The molecule has 0 saturated heterocycles. The number of ether oxygens (including phenoxy) is 2. The van der Waals surface area contributed by atoms with Gasteiger partial charge in [-0.2, -0.15) is 0 Å². The van der Waals surface area contributed by atoms with E-state index < -0.39 is 0 Å². The first-order valence-corrected chi connectivity index (χ1v) is 6.22. The second-order valence-electron chi connectivity index (χ2n) is 4.12. The minimum absolute atomic E-state index is 0.0475. The highest BCUT2D eigenvalue weighted by Crippen LogP contribution is 2.29. The molecule has 7 nitrogen and oxygen atoms in total. The zero-order valence-corrected chi connectivity index (χ0v) is 11.5. The summed E-state index contributed by atoms with van der Waals surface area (Å²) in [6, 6.07) is 5.60. The van der Waals surface area contributed by atoms with Crippen LogP contribution in [0.4, 0.5) is 5.69 Å². The standard InChI is InChI=1S/C13H18N4O3/c1-19-12-4-3-10(7-13(12)20-2)14-8-11-9-17(5-6-18)16-15-11/h3-4,7,9,14,18H,5-6,8H2,1-2H3. The Morgan fingerprint density at radius 3 is 2.75 bits per heavy atom. The molecular formula is C13H18N4O3. The van der Waals surface area contributed by atoms with Gasteiger partial charge < -0.3 is 19.9 Å². The van der Waals surface area contributed by atoms with Crippen molar-refractivity contribution in [3.05, 3.63) is 30.1 Å². The Kier molecular flexibility index (Phi) is 4.78. The minimum atomic E-state index is 0.0475. The van der Waals surface area contributed by atoms with Crippen molar-refractivity contribution in [3.8, 4) is 11.5 Å². The fourth-order valence-electron chi connectivity index (χ4n) is 1.77. The van der Waals surface area contributed by atoms with Gasteiger partial charge in [-0.15, -0.1) is 5.10 Å². The lowest BCUT2D eigenvalue weighted by Crippen LogP contribution is -2.02. The number of nitrogens with zero attached hydrogens (tertiary/aromatic N) is 3. The molecule has 0 amide bonds. The third-order valence-corrected chi connectivity index (χ3v) is 2.77. The average Bonchev–Trinajstić information content (AvgIpc) is 2.93. The number of aliphatic hydroxyl groups excluding tert-OH is 1. The topological polar surface area (TPSA) is 81.4 Å². The van der Waals surface area contributed by atoms with Crippen LogP contribution in [0, 0.1) is 0 Å². The van der Waals surface area contributed by atoms with Crippen LogP contribution >= 0.6 is 0 Å². The fourth-order valence-corrected chi connectivity index (χ4v) is 1.77. The third-order valence-electron chi connectivity index (χ3n) is 2.77. The Morgan fingerprint density at radius 2 is 2.05 bits per heavy atom. The van der Waals surface area contributed by atoms with Crippen LogP contribution in [0.2, 0.25) is 0 Å². The summed E-state index contributed by atoms with van der Waals surface area (Å²) in [6.07, 6.45) is 1.80. The Labute approximate surface area is 117 Å². The van der Waals surface area contributed by atoms with Crippen LogP contribution < -0.4 is 14.8 Å². The van der Waals surface area contributed by atoms with E-state index in [-0.39, 0.29) is 6.61 Å². The molecule has 2 aromatic rings. The molecule has 0 aliphatic heterocycles. The van der Waals surface area contributed by atoms with Crippen LogP contribution in [0.25, 0.3) is 0 Å². The molecule has 0 fully saturated rings. The number of rotatable bonds is 7. The molecule has 2 N–H and O–H groups in total. The number of aromatic nitrogens is 3. The van der Waals surface area contributed by atoms with Crippen molar-refractivity contribution in [3.63, 3.8) is 0 Å². The Bertz CT molecular complexity index is 556. The van der Waals surface area contributed by atoms with Crippen molar-refractivity contribution in [2.45, 2.75) is 13.1 Å². The average molecular weight is 278 g/mol. The Balaban J connectivity index is 1.99. The van der Waals surface area contributed by atoms with Crippen molar-refractivity contribution in [1.82, 2.24) is 15.0 Å². The summed E-state index contributed by atoms with van der Waals surface area (Å²) in [5.41, 5.74) is 1.70. The van der Waals surface area contributed by atoms with Crippen LogP contribution in [0.3, 0.4) is 0 Å². The van der Waals surface area contributed by atoms with E-state index in [1.165, 1.54) is 0 Å². The molecule has 0 aliphatic carbocycles. The summed E-state index contributed by atoms with van der Waals surface area (Å²) in [7, 11) is 3.20. The van der Waals surface area contributed by atoms with Gasteiger partial charge in [0.2, 0.25) is 0 Å². The van der Waals surface area contributed by atoms with Crippen LogP contribution in [-0.4, -0.2) is 40.9 Å². The Morgan fingerprint density at radius 1 is 1.25 bits per heavy atom. The minimum Gasteiger partial charge on any atom is -0.493 e. The summed E-state index contributed by atoms with van der Waals surface area (Å²) in [5, 5.41) is 20.0. The number of hydrogen-bond acceptors (Lipinski definition) is 6. The van der Waals surface area contributed by atoms with E-state index in [9.17, 15) is 0 Å². The summed E-state index contributed by atoms with van der Waals surface area (Å²) in [4.78, 5) is 0. The third kappa shape index (κ3) is 3.39. The molecule has 1 aromatic carbocycles. The highest BCUT2D eigenvalue weighted by molar-refractivity contribution is 5.54. The highest BCUT2D eigenvalue weighted by atomic mass is 16.5. The van der Waals surface area contributed by atoms with Gasteiger partial charge in [0.1, 0.15) is 5.69 Å². The zero-order valence-electron chi connectivity index (χ0n) is 11.5. The summed E-state index contributed by atoms with van der Waals surface area (Å²) >= 11 is 0. The van der Waals surface area contributed by atoms with Crippen molar-refractivity contribution < 1.29 is 14.6 Å². The van der Waals surface area contributed by atoms with Crippen molar-refractivity contribution >= 4 is 5.69 Å². The van der Waals surface area contributed by atoms with E-state index in [2.05, 4.69) is 15.6 Å². The molecule has 2 rings (SSSR count). The first-order chi connectivity index (χ1) is 9.76. The molecule has 0 radical (unpaired) electrons. The van der Waals surface area contributed by atoms with E-state index in [0.717, 1.165) is 11.4 Å². The number of methoxy groups -OCH3 is 2. The smallest absolute Gasteiger partial charge is 0.162 e. The lowest BCUT2D eigenvalue weighted by atomic mass is 10.2. The molecule has 108 valence electrons. The van der Waals surface area contributed by atoms with E-state index >= 15 is 0 Å². The van der Waals surface area contributed by atoms with Gasteiger partial charge in [0.25, 0.3) is 0 Å². The molecule has 0 unspecified atom stereocenters. The first-order valence-electron chi connectivity index (χ1n) is 6.22. The van der Waals surface area contributed by atoms with Crippen LogP contribution in [-0.2, 0) is 13.1 Å². The molecule has 0 atom stereocenters. The zero-order chi connectivity index (χ0) is 14.4. The van der Waals surface area contributed by atoms with Gasteiger partial charge in [0.15, 0.2) is 11.5 Å². The lowest BCUT2D eigenvalue weighted by molar-refractivity contribution is 0.268. The largest absolute Gasteiger partial charge is 0.493 e. The monoisotopic (exact) mass is 278 g/mol. The van der Waals surface area contributed by atoms with E-state index in [0.29, 0.717) is 24.6 Å². The highest BCUT2D eigenvalue weighted by Gasteiger charge is 2.05. The molecule has 0 aliphatic rings. The van der Waals surface area contributed by atoms with Gasteiger partial charge in [-0.25, -0.2) is 4.68 Å². The molecular weight excluding hydrogens is 260 g/mol. The van der Waals surface area contributed by atoms with Crippen molar-refractivity contribution in [1.29, 1.82) is 0 Å². The normalized spacial score (nSPS) is 10.3. The van der Waals surface area contributed by atoms with Crippen LogP contribution in [0.1, 0.15) is 5.69 Å². The SMILES string of the molecule is COc1ccc(NCc2cn(CCO)nn2)cc1OC. The summed E-state index contributed by atoms with van der Waals surface area (Å²) in [6.45, 7) is 1.04. The van der Waals surface area contributed by atoms with Gasteiger partial charge in [-0.3, -0.25) is 0 Å². The number of nitrogens with one attached hydrogen (secondary N) is 1. The molecule has 0 spiro atoms. The van der Waals surface area contributed by atoms with Crippen molar-refractivity contribution in [2.75, 3.05) is 26.1 Å². The second-order valence-corrected chi connectivity index (χ2v) is 4.12. The summed E-state index contributed by atoms with van der Waals surface area (Å²) < 4.78 is 12.0. The van der Waals surface area contributed by atoms with Crippen LogP contribution in [0.15, 0.2) is 24.4 Å². The van der Waals surface area contributed by atoms with Crippen molar-refractivity contribution in [2.24, 2.45) is 0 Å². The quantitative estimate of drug-likeness (QED) is 0.783. The Hall–Kier alpha value is -2.28. The van der Waals surface area contributed by atoms with Crippen LogP contribution in [0.5, 0.6) is 11.5 Å². The number of aliphatic hydroxyl groups is 1.